The molecule has 0 saturated heterocycles. The van der Waals surface area contributed by atoms with Crippen LogP contribution in [0.25, 0.3) is 6.08 Å². The van der Waals surface area contributed by atoms with Crippen molar-refractivity contribution in [3.05, 3.63) is 106 Å². The molecule has 4 nitrogen and oxygen atoms in total. The third-order valence-electron chi connectivity index (χ3n) is 6.61. The van der Waals surface area contributed by atoms with Crippen molar-refractivity contribution >= 4 is 17.6 Å². The van der Waals surface area contributed by atoms with Gasteiger partial charge in [-0.3, -0.25) is 9.59 Å². The molecule has 1 aliphatic carbocycles. The Hall–Kier alpha value is -3.92. The summed E-state index contributed by atoms with van der Waals surface area (Å²) in [5, 5.41) is 8.76. The Balaban J connectivity index is 1.43. The number of rotatable bonds is 8. The number of aliphatic hydroxyl groups is 1. The quantitative estimate of drug-likeness (QED) is 0.241. The summed E-state index contributed by atoms with van der Waals surface area (Å²) in [5.74, 6) is -0.975. The summed E-state index contributed by atoms with van der Waals surface area (Å²) in [7, 11) is 0. The zero-order valence-electron chi connectivity index (χ0n) is 21.0. The highest BCUT2D eigenvalue weighted by atomic mass is 19.4. The number of fused-ring (bicyclic) bond motifs is 1. The number of ketones is 2. The van der Waals surface area contributed by atoms with Crippen molar-refractivity contribution in [3.63, 3.8) is 0 Å². The molecule has 0 aliphatic heterocycles. The van der Waals surface area contributed by atoms with E-state index in [0.717, 1.165) is 11.1 Å². The molecule has 10 heteroatoms. The maximum Gasteiger partial charge on any atom is 0.416 e. The van der Waals surface area contributed by atoms with E-state index in [-0.39, 0.29) is 36.9 Å². The van der Waals surface area contributed by atoms with Gasteiger partial charge in [0.2, 0.25) is 0 Å². The first kappa shape index (κ1) is 29.1. The Bertz CT molecular complexity index is 1390. The van der Waals surface area contributed by atoms with Gasteiger partial charge in [-0.25, -0.2) is 0 Å². The van der Waals surface area contributed by atoms with Crippen LogP contribution in [0.2, 0.25) is 0 Å². The number of hydrogen-bond acceptors (Lipinski definition) is 4. The minimum Gasteiger partial charge on any atom is -0.489 e. The van der Waals surface area contributed by atoms with E-state index in [2.05, 4.69) is 0 Å². The maximum absolute atomic E-state index is 13.2. The minimum absolute atomic E-state index is 0.0792. The van der Waals surface area contributed by atoms with E-state index in [1.807, 2.05) is 12.1 Å². The van der Waals surface area contributed by atoms with Gasteiger partial charge in [0.25, 0.3) is 0 Å². The lowest BCUT2D eigenvalue weighted by Crippen LogP contribution is -2.25. The fourth-order valence-corrected chi connectivity index (χ4v) is 4.54. The zero-order valence-corrected chi connectivity index (χ0v) is 21.0. The number of aliphatic hydroxyl groups excluding tert-OH is 1. The molecule has 1 aliphatic rings. The van der Waals surface area contributed by atoms with Gasteiger partial charge in [0.05, 0.1) is 11.1 Å². The lowest BCUT2D eigenvalue weighted by molar-refractivity contribution is -0.143. The standard InChI is InChI=1S/C30H24F6O4/c31-29(32,33)23-12-20(13-24(15-23)30(34,35)36)11-22-7-6-21-14-26(9-10-27(21)28(22)39)40-17-19-3-1-18(2-4-19)5-8-25(38)16-37/h1-5,8-10,12-15,22,37H,6-7,11,16-17H2/b8-5+. The van der Waals surface area contributed by atoms with Gasteiger partial charge in [-0.15, -0.1) is 0 Å². The Morgan fingerprint density at radius 2 is 1.55 bits per heavy atom. The predicted octanol–water partition coefficient (Wildman–Crippen LogP) is 6.87. The van der Waals surface area contributed by atoms with E-state index in [9.17, 15) is 35.9 Å². The number of alkyl halides is 6. The van der Waals surface area contributed by atoms with Crippen LogP contribution < -0.4 is 4.74 Å². The smallest absolute Gasteiger partial charge is 0.416 e. The molecule has 0 radical (unpaired) electrons. The van der Waals surface area contributed by atoms with Gasteiger partial charge in [-0.1, -0.05) is 30.3 Å². The molecule has 210 valence electrons. The molecule has 1 atom stereocenters. The van der Waals surface area contributed by atoms with E-state index >= 15 is 0 Å². The van der Waals surface area contributed by atoms with Crippen LogP contribution >= 0.6 is 0 Å². The summed E-state index contributed by atoms with van der Waals surface area (Å²) < 4.78 is 85.1. The third-order valence-corrected chi connectivity index (χ3v) is 6.61. The van der Waals surface area contributed by atoms with Crippen molar-refractivity contribution in [2.75, 3.05) is 6.61 Å². The second-order valence-corrected chi connectivity index (χ2v) is 9.53. The summed E-state index contributed by atoms with van der Waals surface area (Å²) in [5.41, 5.74) is -0.291. The van der Waals surface area contributed by atoms with Gasteiger partial charge in [-0.05, 0) is 84.0 Å². The Kier molecular flexibility index (Phi) is 8.48. The number of carbonyl (C=O) groups is 2. The van der Waals surface area contributed by atoms with Gasteiger partial charge >= 0.3 is 12.4 Å². The second-order valence-electron chi connectivity index (χ2n) is 9.53. The van der Waals surface area contributed by atoms with Gasteiger partial charge in [-0.2, -0.15) is 26.3 Å². The highest BCUT2D eigenvalue weighted by Crippen LogP contribution is 2.38. The molecule has 0 fully saturated rings. The normalized spacial score (nSPS) is 15.8. The van der Waals surface area contributed by atoms with E-state index < -0.39 is 41.8 Å². The maximum atomic E-state index is 13.2. The van der Waals surface area contributed by atoms with Crippen LogP contribution in [0.1, 0.15) is 50.2 Å². The molecule has 4 rings (SSSR count). The van der Waals surface area contributed by atoms with E-state index in [0.29, 0.717) is 35.4 Å². The number of ether oxygens (including phenoxy) is 1. The van der Waals surface area contributed by atoms with Gasteiger partial charge in [0, 0.05) is 11.5 Å². The predicted molar refractivity (Wildman–Crippen MR) is 135 cm³/mol. The van der Waals surface area contributed by atoms with Crippen molar-refractivity contribution in [2.24, 2.45) is 5.92 Å². The second kappa shape index (κ2) is 11.7. The topological polar surface area (TPSA) is 63.6 Å². The van der Waals surface area contributed by atoms with Crippen LogP contribution in [-0.4, -0.2) is 23.3 Å². The monoisotopic (exact) mass is 562 g/mol. The summed E-state index contributed by atoms with van der Waals surface area (Å²) in [6.45, 7) is -0.333. The van der Waals surface area contributed by atoms with Crippen molar-refractivity contribution < 1.29 is 45.8 Å². The zero-order chi connectivity index (χ0) is 29.1. The van der Waals surface area contributed by atoms with Gasteiger partial charge in [0.15, 0.2) is 11.6 Å². The van der Waals surface area contributed by atoms with Crippen molar-refractivity contribution in [1.29, 1.82) is 0 Å². The molecule has 3 aromatic rings. The van der Waals surface area contributed by atoms with E-state index in [4.69, 9.17) is 9.84 Å². The first-order valence-corrected chi connectivity index (χ1v) is 12.3. The number of carbonyl (C=O) groups excluding carboxylic acids is 2. The molecule has 0 aromatic heterocycles. The molecule has 1 unspecified atom stereocenters. The van der Waals surface area contributed by atoms with Crippen molar-refractivity contribution in [1.82, 2.24) is 0 Å². The van der Waals surface area contributed by atoms with Crippen LogP contribution in [0.3, 0.4) is 0 Å². The molecule has 3 aromatic carbocycles. The third kappa shape index (κ3) is 7.18. The molecule has 40 heavy (non-hydrogen) atoms. The van der Waals surface area contributed by atoms with Crippen molar-refractivity contribution in [2.45, 2.75) is 38.2 Å². The van der Waals surface area contributed by atoms with Gasteiger partial charge < -0.3 is 9.84 Å². The van der Waals surface area contributed by atoms with Crippen LogP contribution in [0.15, 0.2) is 66.7 Å². The summed E-state index contributed by atoms with van der Waals surface area (Å²) in [6.07, 6.45) is -6.57. The average molecular weight is 563 g/mol. The summed E-state index contributed by atoms with van der Waals surface area (Å²) in [6, 6.07) is 13.5. The number of hydrogen-bond donors (Lipinski definition) is 1. The fourth-order valence-electron chi connectivity index (χ4n) is 4.54. The lowest BCUT2D eigenvalue weighted by Gasteiger charge is -2.24. The van der Waals surface area contributed by atoms with E-state index in [1.54, 1.807) is 36.4 Å². The highest BCUT2D eigenvalue weighted by molar-refractivity contribution is 6.00. The molecular formula is C30H24F6O4. The molecule has 0 spiro atoms. The van der Waals surface area contributed by atoms with Crippen LogP contribution in [0, 0.1) is 5.92 Å². The largest absolute Gasteiger partial charge is 0.489 e. The van der Waals surface area contributed by atoms with Crippen molar-refractivity contribution in [3.8, 4) is 5.75 Å². The number of aryl methyl sites for hydroxylation is 1. The van der Waals surface area contributed by atoms with Crippen LogP contribution in [0.4, 0.5) is 26.3 Å². The van der Waals surface area contributed by atoms with Crippen LogP contribution in [-0.2, 0) is 36.6 Å². The molecule has 0 bridgehead atoms. The minimum atomic E-state index is -4.95. The summed E-state index contributed by atoms with van der Waals surface area (Å²) >= 11 is 0. The molecule has 0 heterocycles. The molecule has 0 amide bonds. The van der Waals surface area contributed by atoms with Crippen LogP contribution in [0.5, 0.6) is 5.75 Å². The number of halogens is 6. The Morgan fingerprint density at radius 1 is 0.900 bits per heavy atom. The number of Topliss-reactive ketones (excluding diaryl/α,β-unsaturated/α-hetero) is 1. The van der Waals surface area contributed by atoms with E-state index in [1.165, 1.54) is 6.08 Å². The van der Waals surface area contributed by atoms with Gasteiger partial charge in [0.1, 0.15) is 19.0 Å². The Labute approximate surface area is 225 Å². The average Bonchev–Trinajstić information content (AvgIpc) is 2.91. The number of benzene rings is 3. The molecule has 1 N–H and O–H groups in total. The molecular weight excluding hydrogens is 538 g/mol. The molecule has 0 saturated carbocycles. The first-order valence-electron chi connectivity index (χ1n) is 12.3. The lowest BCUT2D eigenvalue weighted by atomic mass is 9.79. The highest BCUT2D eigenvalue weighted by Gasteiger charge is 2.37. The Morgan fingerprint density at radius 3 is 2.15 bits per heavy atom. The summed E-state index contributed by atoms with van der Waals surface area (Å²) in [4.78, 5) is 24.3. The first-order chi connectivity index (χ1) is 18.8. The SMILES string of the molecule is O=C(/C=C/c1ccc(COc2ccc3c(c2)CCC(Cc2cc(C(F)(F)F)cc(C(F)(F)F)c2)C3=O)cc1)CO. The fraction of sp³-hybridized carbons (Fsp3) is 0.267.